The number of aromatic nitrogens is 3. The number of nitrogens with zero attached hydrogens (tertiary/aromatic N) is 3. The lowest BCUT2D eigenvalue weighted by atomic mass is 9.91. The van der Waals surface area contributed by atoms with Crippen molar-refractivity contribution in [2.24, 2.45) is 0 Å². The van der Waals surface area contributed by atoms with Gasteiger partial charge in [-0.2, -0.15) is 0 Å². The van der Waals surface area contributed by atoms with Crippen LogP contribution in [0.5, 0.6) is 0 Å². The minimum Gasteiger partial charge on any atom is -0.208 e. The van der Waals surface area contributed by atoms with E-state index in [1.54, 1.807) is 0 Å². The first-order valence-electron chi connectivity index (χ1n) is 10.8. The van der Waals surface area contributed by atoms with Crippen molar-refractivity contribution < 1.29 is 0 Å². The monoisotopic (exact) mass is 393 g/mol. The van der Waals surface area contributed by atoms with E-state index in [0.29, 0.717) is 23.4 Å². The van der Waals surface area contributed by atoms with Crippen molar-refractivity contribution in [1.82, 2.24) is 15.0 Å². The molecule has 1 unspecified atom stereocenters. The minimum atomic E-state index is 0.613. The molecule has 4 aromatic rings. The Morgan fingerprint density at radius 3 is 1.40 bits per heavy atom. The second-order valence-electron chi connectivity index (χ2n) is 7.55. The fourth-order valence-electron chi connectivity index (χ4n) is 3.80. The van der Waals surface area contributed by atoms with Crippen molar-refractivity contribution in [3.05, 3.63) is 90.5 Å². The van der Waals surface area contributed by atoms with E-state index in [0.717, 1.165) is 23.1 Å². The molecule has 1 aromatic heterocycles. The van der Waals surface area contributed by atoms with E-state index in [2.05, 4.69) is 38.1 Å². The highest BCUT2D eigenvalue weighted by molar-refractivity contribution is 5.66. The van der Waals surface area contributed by atoms with Crippen LogP contribution in [0.15, 0.2) is 84.9 Å². The molecule has 0 radical (unpaired) electrons. The zero-order chi connectivity index (χ0) is 20.8. The van der Waals surface area contributed by atoms with Gasteiger partial charge in [-0.3, -0.25) is 0 Å². The van der Waals surface area contributed by atoms with Gasteiger partial charge >= 0.3 is 0 Å². The van der Waals surface area contributed by atoms with Crippen LogP contribution in [0, 0.1) is 0 Å². The van der Waals surface area contributed by atoms with Crippen molar-refractivity contribution >= 4 is 0 Å². The highest BCUT2D eigenvalue weighted by Crippen LogP contribution is 2.28. The molecule has 0 aliphatic carbocycles. The molecule has 30 heavy (non-hydrogen) atoms. The van der Waals surface area contributed by atoms with Gasteiger partial charge in [0.2, 0.25) is 0 Å². The predicted molar refractivity (Wildman–Crippen MR) is 124 cm³/mol. The maximum Gasteiger partial charge on any atom is 0.164 e. The van der Waals surface area contributed by atoms with Gasteiger partial charge < -0.3 is 0 Å². The van der Waals surface area contributed by atoms with Crippen molar-refractivity contribution in [1.29, 1.82) is 0 Å². The van der Waals surface area contributed by atoms with Gasteiger partial charge in [-0.05, 0) is 24.3 Å². The second kappa shape index (κ2) is 9.45. The lowest BCUT2D eigenvalue weighted by Gasteiger charge is -2.15. The average Bonchev–Trinajstić information content (AvgIpc) is 2.83. The summed E-state index contributed by atoms with van der Waals surface area (Å²) < 4.78 is 0. The largest absolute Gasteiger partial charge is 0.208 e. The molecule has 4 rings (SSSR count). The molecule has 150 valence electrons. The van der Waals surface area contributed by atoms with Crippen LogP contribution in [-0.4, -0.2) is 15.0 Å². The van der Waals surface area contributed by atoms with Gasteiger partial charge in [-0.15, -0.1) is 0 Å². The van der Waals surface area contributed by atoms with Gasteiger partial charge in [0, 0.05) is 16.7 Å². The molecule has 3 aromatic carbocycles. The third-order valence-corrected chi connectivity index (χ3v) is 5.47. The molecule has 0 bridgehead atoms. The van der Waals surface area contributed by atoms with Crippen molar-refractivity contribution in [2.75, 3.05) is 0 Å². The highest BCUT2D eigenvalue weighted by atomic mass is 15.0. The van der Waals surface area contributed by atoms with Crippen LogP contribution in [0.2, 0.25) is 0 Å². The number of hydrogen-bond acceptors (Lipinski definition) is 3. The molecule has 0 spiro atoms. The zero-order valence-corrected chi connectivity index (χ0v) is 17.6. The molecule has 0 fully saturated rings. The van der Waals surface area contributed by atoms with Crippen LogP contribution in [0.1, 0.15) is 44.6 Å². The first kappa shape index (κ1) is 20.0. The fraction of sp³-hybridized carbons (Fsp3) is 0.222. The van der Waals surface area contributed by atoms with Gasteiger partial charge in [0.25, 0.3) is 0 Å². The van der Waals surface area contributed by atoms with Crippen LogP contribution in [0.25, 0.3) is 34.2 Å². The van der Waals surface area contributed by atoms with E-state index in [1.165, 1.54) is 18.4 Å². The first-order chi connectivity index (χ1) is 14.8. The number of rotatable bonds is 7. The summed E-state index contributed by atoms with van der Waals surface area (Å²) in [5.41, 5.74) is 4.39. The summed E-state index contributed by atoms with van der Waals surface area (Å²) in [5.74, 6) is 2.71. The lowest BCUT2D eigenvalue weighted by molar-refractivity contribution is 0.596. The van der Waals surface area contributed by atoms with Crippen LogP contribution >= 0.6 is 0 Å². The summed E-state index contributed by atoms with van der Waals surface area (Å²) >= 11 is 0. The molecule has 0 aliphatic rings. The van der Waals surface area contributed by atoms with Gasteiger partial charge in [0.1, 0.15) is 0 Å². The Morgan fingerprint density at radius 1 is 0.567 bits per heavy atom. The van der Waals surface area contributed by atoms with Crippen molar-refractivity contribution in [3.63, 3.8) is 0 Å². The molecule has 3 nitrogen and oxygen atoms in total. The summed E-state index contributed by atoms with van der Waals surface area (Å²) in [6.45, 7) is 4.51. The van der Waals surface area contributed by atoms with Crippen LogP contribution in [0.3, 0.4) is 0 Å². The zero-order valence-electron chi connectivity index (χ0n) is 17.6. The van der Waals surface area contributed by atoms with Gasteiger partial charge in [-0.1, -0.05) is 105 Å². The van der Waals surface area contributed by atoms with Gasteiger partial charge in [0.15, 0.2) is 17.5 Å². The minimum absolute atomic E-state index is 0.613. The second-order valence-corrected chi connectivity index (χ2v) is 7.55. The Labute approximate surface area is 178 Å². The molecule has 1 heterocycles. The van der Waals surface area contributed by atoms with Crippen LogP contribution in [-0.2, 0) is 0 Å². The van der Waals surface area contributed by atoms with E-state index in [-0.39, 0.29) is 0 Å². The quantitative estimate of drug-likeness (QED) is 0.334. The normalized spacial score (nSPS) is 11.9. The number of hydrogen-bond donors (Lipinski definition) is 0. The molecule has 1 atom stereocenters. The predicted octanol–water partition coefficient (Wildman–Crippen LogP) is 7.17. The average molecular weight is 394 g/mol. The molecular formula is C27H27N3. The summed E-state index contributed by atoms with van der Waals surface area (Å²) in [7, 11) is 0. The number of benzene rings is 3. The Hall–Kier alpha value is -3.33. The molecule has 3 heteroatoms. The van der Waals surface area contributed by atoms with E-state index in [9.17, 15) is 0 Å². The summed E-state index contributed by atoms with van der Waals surface area (Å²) in [4.78, 5) is 14.4. The van der Waals surface area contributed by atoms with Crippen molar-refractivity contribution in [3.8, 4) is 34.2 Å². The van der Waals surface area contributed by atoms with Crippen molar-refractivity contribution in [2.45, 2.75) is 39.0 Å². The Bertz CT molecular complexity index is 1020. The van der Waals surface area contributed by atoms with E-state index >= 15 is 0 Å². The molecule has 0 aliphatic heterocycles. The maximum atomic E-state index is 4.81. The summed E-state index contributed by atoms with van der Waals surface area (Å²) in [6, 6.07) is 28.9. The molecule has 0 saturated heterocycles. The lowest BCUT2D eigenvalue weighted by Crippen LogP contribution is -2.01. The topological polar surface area (TPSA) is 38.7 Å². The molecular weight excluding hydrogens is 366 g/mol. The molecule has 0 saturated carbocycles. The standard InChI is InChI=1S/C27H27N3/c1-3-11-20(4-2)21-16-18-24(19-17-21)27-29-25(22-12-7-5-8-13-22)28-26(30-27)23-14-9-6-10-15-23/h5-10,12-20H,3-4,11H2,1-2H3. The van der Waals surface area contributed by atoms with Crippen LogP contribution in [0.4, 0.5) is 0 Å². The van der Waals surface area contributed by atoms with E-state index < -0.39 is 0 Å². The fourth-order valence-corrected chi connectivity index (χ4v) is 3.80. The SMILES string of the molecule is CCCC(CC)c1ccc(-c2nc(-c3ccccc3)nc(-c3ccccc3)n2)cc1. The molecule has 0 amide bonds. The van der Waals surface area contributed by atoms with Gasteiger partial charge in [-0.25, -0.2) is 15.0 Å². The van der Waals surface area contributed by atoms with E-state index in [1.807, 2.05) is 60.7 Å². The van der Waals surface area contributed by atoms with Gasteiger partial charge in [0.05, 0.1) is 0 Å². The molecule has 0 N–H and O–H groups in total. The first-order valence-corrected chi connectivity index (χ1v) is 10.8. The Balaban J connectivity index is 1.77. The smallest absolute Gasteiger partial charge is 0.164 e. The van der Waals surface area contributed by atoms with Crippen LogP contribution < -0.4 is 0 Å². The summed E-state index contributed by atoms with van der Waals surface area (Å²) in [5, 5.41) is 0. The summed E-state index contributed by atoms with van der Waals surface area (Å²) in [6.07, 6.45) is 3.59. The maximum absolute atomic E-state index is 4.81. The van der Waals surface area contributed by atoms with E-state index in [4.69, 9.17) is 15.0 Å². The third-order valence-electron chi connectivity index (χ3n) is 5.47. The third kappa shape index (κ3) is 4.46. The highest BCUT2D eigenvalue weighted by Gasteiger charge is 2.13. The Morgan fingerprint density at radius 2 is 1.00 bits per heavy atom. The Kier molecular flexibility index (Phi) is 6.29.